The van der Waals surface area contributed by atoms with Crippen molar-refractivity contribution in [2.24, 2.45) is 0 Å². The second-order valence-corrected chi connectivity index (χ2v) is 7.29. The monoisotopic (exact) mass is 398 g/mol. The van der Waals surface area contributed by atoms with Crippen LogP contribution in [0.25, 0.3) is 16.9 Å². The molecule has 6 nitrogen and oxygen atoms in total. The number of aromatic nitrogens is 4. The summed E-state index contributed by atoms with van der Waals surface area (Å²) in [5.41, 5.74) is 6.58. The third-order valence-corrected chi connectivity index (χ3v) is 5.44. The SMILES string of the molecule is CCOC(=O)c1nn(-c2ccccc2)c2c1CCc1c-2cnn1Cc1ccccc1. The van der Waals surface area contributed by atoms with Gasteiger partial charge in [-0.1, -0.05) is 48.5 Å². The first-order valence-electron chi connectivity index (χ1n) is 10.2. The molecule has 0 unspecified atom stereocenters. The van der Waals surface area contributed by atoms with Crippen LogP contribution in [0, 0.1) is 0 Å². The van der Waals surface area contributed by atoms with Crippen LogP contribution in [0.2, 0.25) is 0 Å². The van der Waals surface area contributed by atoms with Gasteiger partial charge in [-0.25, -0.2) is 9.48 Å². The molecule has 30 heavy (non-hydrogen) atoms. The molecule has 0 N–H and O–H groups in total. The Kier molecular flexibility index (Phi) is 4.67. The lowest BCUT2D eigenvalue weighted by Gasteiger charge is -2.17. The van der Waals surface area contributed by atoms with Gasteiger partial charge in [-0.2, -0.15) is 10.2 Å². The summed E-state index contributed by atoms with van der Waals surface area (Å²) in [5, 5.41) is 9.35. The maximum atomic E-state index is 12.6. The zero-order valence-corrected chi connectivity index (χ0v) is 16.8. The lowest BCUT2D eigenvalue weighted by Crippen LogP contribution is -2.13. The van der Waals surface area contributed by atoms with Gasteiger partial charge in [-0.05, 0) is 37.5 Å². The van der Waals surface area contributed by atoms with Gasteiger partial charge in [-0.15, -0.1) is 0 Å². The van der Waals surface area contributed by atoms with Crippen molar-refractivity contribution in [3.63, 3.8) is 0 Å². The molecule has 0 atom stereocenters. The molecule has 0 spiro atoms. The van der Waals surface area contributed by atoms with Gasteiger partial charge in [0.15, 0.2) is 5.69 Å². The van der Waals surface area contributed by atoms with E-state index in [1.54, 1.807) is 0 Å². The fourth-order valence-corrected chi connectivity index (χ4v) is 4.09. The molecule has 5 rings (SSSR count). The lowest BCUT2D eigenvalue weighted by atomic mass is 9.93. The molecular weight excluding hydrogens is 376 g/mol. The largest absolute Gasteiger partial charge is 0.461 e. The minimum Gasteiger partial charge on any atom is -0.461 e. The molecule has 0 aliphatic heterocycles. The molecule has 0 bridgehead atoms. The van der Waals surface area contributed by atoms with E-state index < -0.39 is 0 Å². The van der Waals surface area contributed by atoms with Gasteiger partial charge in [-0.3, -0.25) is 4.68 Å². The number of rotatable bonds is 5. The van der Waals surface area contributed by atoms with E-state index in [1.807, 2.05) is 66.3 Å². The van der Waals surface area contributed by atoms with Crippen molar-refractivity contribution in [2.45, 2.75) is 26.3 Å². The van der Waals surface area contributed by atoms with E-state index in [-0.39, 0.29) is 5.97 Å². The smallest absolute Gasteiger partial charge is 0.359 e. The summed E-state index contributed by atoms with van der Waals surface area (Å²) in [6.45, 7) is 2.85. The van der Waals surface area contributed by atoms with E-state index in [0.29, 0.717) is 12.3 Å². The number of fused-ring (bicyclic) bond motifs is 3. The summed E-state index contributed by atoms with van der Waals surface area (Å²) in [4.78, 5) is 12.6. The maximum absolute atomic E-state index is 12.6. The standard InChI is InChI=1S/C24H22N4O2/c1-2-30-24(29)22-19-13-14-21-20(15-25-27(21)16-17-9-5-3-6-10-17)23(19)28(26-22)18-11-7-4-8-12-18/h3-12,15H,2,13-14,16H2,1H3. The summed E-state index contributed by atoms with van der Waals surface area (Å²) < 4.78 is 9.19. The van der Waals surface area contributed by atoms with E-state index in [0.717, 1.165) is 41.9 Å². The normalized spacial score (nSPS) is 12.3. The van der Waals surface area contributed by atoms with E-state index in [1.165, 1.54) is 11.3 Å². The van der Waals surface area contributed by atoms with Crippen LogP contribution in [0.15, 0.2) is 66.9 Å². The molecule has 4 aromatic rings. The Balaban J connectivity index is 1.64. The van der Waals surface area contributed by atoms with Crippen LogP contribution in [-0.4, -0.2) is 32.1 Å². The highest BCUT2D eigenvalue weighted by Crippen LogP contribution is 2.37. The third-order valence-electron chi connectivity index (χ3n) is 5.44. The molecule has 0 saturated heterocycles. The van der Waals surface area contributed by atoms with E-state index in [2.05, 4.69) is 27.0 Å². The first-order chi connectivity index (χ1) is 14.8. The van der Waals surface area contributed by atoms with Crippen molar-refractivity contribution in [3.8, 4) is 16.9 Å². The number of ether oxygens (including phenoxy) is 1. The number of hydrogen-bond donors (Lipinski definition) is 0. The Morgan fingerprint density at radius 3 is 2.50 bits per heavy atom. The summed E-state index contributed by atoms with van der Waals surface area (Å²) >= 11 is 0. The van der Waals surface area contributed by atoms with Gasteiger partial charge in [0.25, 0.3) is 0 Å². The van der Waals surface area contributed by atoms with Gasteiger partial charge in [0.2, 0.25) is 0 Å². The van der Waals surface area contributed by atoms with Crippen molar-refractivity contribution >= 4 is 5.97 Å². The molecule has 0 amide bonds. The molecule has 0 fully saturated rings. The number of nitrogens with zero attached hydrogens (tertiary/aromatic N) is 4. The van der Waals surface area contributed by atoms with Crippen LogP contribution >= 0.6 is 0 Å². The number of benzene rings is 2. The van der Waals surface area contributed by atoms with Gasteiger partial charge in [0.1, 0.15) is 0 Å². The van der Waals surface area contributed by atoms with E-state index in [4.69, 9.17) is 4.74 Å². The Hall–Kier alpha value is -3.67. The fourth-order valence-electron chi connectivity index (χ4n) is 4.09. The molecule has 1 aliphatic rings. The fraction of sp³-hybridized carbons (Fsp3) is 0.208. The minimum absolute atomic E-state index is 0.325. The van der Waals surface area contributed by atoms with Crippen molar-refractivity contribution in [3.05, 3.63) is 89.4 Å². The molecule has 0 saturated carbocycles. The zero-order valence-electron chi connectivity index (χ0n) is 16.8. The Labute approximate surface area is 174 Å². The first-order valence-corrected chi connectivity index (χ1v) is 10.2. The van der Waals surface area contributed by atoms with E-state index >= 15 is 0 Å². The molecule has 2 aromatic carbocycles. The van der Waals surface area contributed by atoms with Crippen molar-refractivity contribution in [2.75, 3.05) is 6.61 Å². The summed E-state index contributed by atoms with van der Waals surface area (Å²) in [5.74, 6) is -0.372. The minimum atomic E-state index is -0.372. The van der Waals surface area contributed by atoms with Gasteiger partial charge >= 0.3 is 5.97 Å². The van der Waals surface area contributed by atoms with Crippen LogP contribution in [0.5, 0.6) is 0 Å². The number of hydrogen-bond acceptors (Lipinski definition) is 4. The quantitative estimate of drug-likeness (QED) is 0.476. The van der Waals surface area contributed by atoms with Crippen LogP contribution in [-0.2, 0) is 24.1 Å². The van der Waals surface area contributed by atoms with Crippen molar-refractivity contribution in [1.29, 1.82) is 0 Å². The Bertz CT molecular complexity index is 1190. The number of carbonyl (C=O) groups excluding carboxylic acids is 1. The Morgan fingerprint density at radius 1 is 1.03 bits per heavy atom. The van der Waals surface area contributed by atoms with Crippen LogP contribution < -0.4 is 0 Å². The maximum Gasteiger partial charge on any atom is 0.359 e. The van der Waals surface area contributed by atoms with Gasteiger partial charge in [0, 0.05) is 16.8 Å². The summed E-state index contributed by atoms with van der Waals surface area (Å²) in [7, 11) is 0. The van der Waals surface area contributed by atoms with Crippen LogP contribution in [0.1, 0.15) is 34.2 Å². The average Bonchev–Trinajstić information content (AvgIpc) is 3.37. The molecule has 2 aromatic heterocycles. The molecule has 0 radical (unpaired) electrons. The summed E-state index contributed by atoms with van der Waals surface area (Å²) in [6.07, 6.45) is 3.43. The lowest BCUT2D eigenvalue weighted by molar-refractivity contribution is 0.0517. The van der Waals surface area contributed by atoms with Gasteiger partial charge in [0.05, 0.1) is 30.7 Å². The first kappa shape index (κ1) is 18.4. The highest BCUT2D eigenvalue weighted by molar-refractivity contribution is 5.92. The predicted molar refractivity (Wildman–Crippen MR) is 114 cm³/mol. The highest BCUT2D eigenvalue weighted by Gasteiger charge is 2.31. The second-order valence-electron chi connectivity index (χ2n) is 7.29. The molecule has 2 heterocycles. The predicted octanol–water partition coefficient (Wildman–Crippen LogP) is 4.06. The Morgan fingerprint density at radius 2 is 1.77 bits per heavy atom. The average molecular weight is 398 g/mol. The van der Waals surface area contributed by atoms with Crippen LogP contribution in [0.3, 0.4) is 0 Å². The zero-order chi connectivity index (χ0) is 20.5. The van der Waals surface area contributed by atoms with Crippen molar-refractivity contribution < 1.29 is 9.53 Å². The van der Waals surface area contributed by atoms with Crippen LogP contribution in [0.4, 0.5) is 0 Å². The molecule has 6 heteroatoms. The van der Waals surface area contributed by atoms with Crippen molar-refractivity contribution in [1.82, 2.24) is 19.6 Å². The van der Waals surface area contributed by atoms with E-state index in [9.17, 15) is 4.79 Å². The summed E-state index contributed by atoms with van der Waals surface area (Å²) in [6, 6.07) is 20.2. The number of para-hydroxylation sites is 1. The number of esters is 1. The highest BCUT2D eigenvalue weighted by atomic mass is 16.5. The molecular formula is C24H22N4O2. The molecule has 1 aliphatic carbocycles. The molecule has 150 valence electrons. The number of carbonyl (C=O) groups is 1. The second kappa shape index (κ2) is 7.63. The van der Waals surface area contributed by atoms with Gasteiger partial charge < -0.3 is 4.74 Å². The topological polar surface area (TPSA) is 61.9 Å². The third kappa shape index (κ3) is 3.10.